The molecule has 0 radical (unpaired) electrons. The Hall–Kier alpha value is -3.71. The molecule has 4 rings (SSSR count). The van der Waals surface area contributed by atoms with Crippen LogP contribution < -0.4 is 15.4 Å². The summed E-state index contributed by atoms with van der Waals surface area (Å²) in [6, 6.07) is 14.7. The Bertz CT molecular complexity index is 1390. The number of thiophene rings is 1. The maximum Gasteiger partial charge on any atom is 0.267 e. The number of aryl methyl sites for hydroxylation is 4. The number of fused-ring (bicyclic) bond motifs is 1. The highest BCUT2D eigenvalue weighted by molar-refractivity contribution is 7.21. The first-order valence-electron chi connectivity index (χ1n) is 10.5. The second-order valence-electron chi connectivity index (χ2n) is 7.97. The van der Waals surface area contributed by atoms with Gasteiger partial charge in [-0.2, -0.15) is 0 Å². The van der Waals surface area contributed by atoms with Gasteiger partial charge in [0.15, 0.2) is 0 Å². The number of methoxy groups -OCH3 is 1. The van der Waals surface area contributed by atoms with Crippen molar-refractivity contribution in [3.63, 3.8) is 0 Å². The van der Waals surface area contributed by atoms with E-state index < -0.39 is 0 Å². The Labute approximate surface area is 196 Å². The fourth-order valence-electron chi connectivity index (χ4n) is 3.74. The molecule has 168 valence electrons. The second-order valence-corrected chi connectivity index (χ2v) is 8.97. The van der Waals surface area contributed by atoms with E-state index in [1.807, 2.05) is 52.0 Å². The number of rotatable bonds is 5. The molecule has 0 saturated carbocycles. The van der Waals surface area contributed by atoms with Crippen LogP contribution in [-0.4, -0.2) is 23.9 Å². The number of carbonyl (C=O) groups is 2. The maximum absolute atomic E-state index is 13.3. The van der Waals surface area contributed by atoms with E-state index in [0.717, 1.165) is 27.8 Å². The van der Waals surface area contributed by atoms with Gasteiger partial charge in [0.2, 0.25) is 0 Å². The maximum atomic E-state index is 13.3. The van der Waals surface area contributed by atoms with Crippen molar-refractivity contribution in [3.05, 3.63) is 81.4 Å². The summed E-state index contributed by atoms with van der Waals surface area (Å²) < 4.78 is 5.34. The van der Waals surface area contributed by atoms with E-state index in [9.17, 15) is 9.59 Å². The zero-order valence-corrected chi connectivity index (χ0v) is 20.0. The Balaban J connectivity index is 1.78. The van der Waals surface area contributed by atoms with E-state index in [4.69, 9.17) is 4.74 Å². The first-order chi connectivity index (χ1) is 15.8. The number of amides is 2. The fourth-order valence-corrected chi connectivity index (χ4v) is 4.89. The van der Waals surface area contributed by atoms with Crippen LogP contribution in [0.5, 0.6) is 5.75 Å². The predicted molar refractivity (Wildman–Crippen MR) is 134 cm³/mol. The number of benzene rings is 2. The molecule has 2 N–H and O–H groups in total. The van der Waals surface area contributed by atoms with Gasteiger partial charge in [0, 0.05) is 16.8 Å². The molecule has 0 bridgehead atoms. The third-order valence-electron chi connectivity index (χ3n) is 5.55. The van der Waals surface area contributed by atoms with Crippen molar-refractivity contribution in [2.45, 2.75) is 27.7 Å². The average molecular weight is 460 g/mol. The Morgan fingerprint density at radius 2 is 1.64 bits per heavy atom. The van der Waals surface area contributed by atoms with Gasteiger partial charge in [-0.15, -0.1) is 11.3 Å². The van der Waals surface area contributed by atoms with Gasteiger partial charge in [-0.05, 0) is 74.7 Å². The molecule has 0 aliphatic rings. The Morgan fingerprint density at radius 1 is 0.879 bits per heavy atom. The highest BCUT2D eigenvalue weighted by Gasteiger charge is 2.24. The number of aromatic nitrogens is 1. The third-order valence-corrected chi connectivity index (χ3v) is 6.63. The standard InChI is InChI=1S/C26H25N3O3S/c1-14-10-11-18(13-15(14)2)28-25(31)23-22(21-16(3)12-17(4)27-26(21)33-23)29-24(30)19-8-6-7-9-20(19)32-5/h6-13H,1-5H3,(H,28,31)(H,29,30). The minimum Gasteiger partial charge on any atom is -0.496 e. The van der Waals surface area contributed by atoms with Gasteiger partial charge >= 0.3 is 0 Å². The molecule has 4 aromatic rings. The summed E-state index contributed by atoms with van der Waals surface area (Å²) in [6.45, 7) is 7.89. The molecule has 7 heteroatoms. The van der Waals surface area contributed by atoms with Gasteiger partial charge < -0.3 is 15.4 Å². The quantitative estimate of drug-likeness (QED) is 0.381. The normalized spacial score (nSPS) is 10.8. The number of pyridine rings is 1. The second kappa shape index (κ2) is 9.03. The first kappa shape index (κ1) is 22.5. The highest BCUT2D eigenvalue weighted by atomic mass is 32.1. The molecule has 2 aromatic carbocycles. The van der Waals surface area contributed by atoms with Crippen LogP contribution in [0.25, 0.3) is 10.2 Å². The summed E-state index contributed by atoms with van der Waals surface area (Å²) in [5, 5.41) is 6.69. The minimum absolute atomic E-state index is 0.298. The predicted octanol–water partition coefficient (Wildman–Crippen LogP) is 6.04. The molecule has 2 aromatic heterocycles. The zero-order chi connectivity index (χ0) is 23.7. The molecule has 0 atom stereocenters. The van der Waals surface area contributed by atoms with Crippen LogP contribution in [-0.2, 0) is 0 Å². The zero-order valence-electron chi connectivity index (χ0n) is 19.2. The van der Waals surface area contributed by atoms with E-state index in [1.54, 1.807) is 24.3 Å². The van der Waals surface area contributed by atoms with E-state index in [2.05, 4.69) is 15.6 Å². The highest BCUT2D eigenvalue weighted by Crippen LogP contribution is 2.38. The number of anilines is 2. The van der Waals surface area contributed by atoms with Crippen LogP contribution in [0.1, 0.15) is 42.4 Å². The van der Waals surface area contributed by atoms with Crippen LogP contribution in [0.4, 0.5) is 11.4 Å². The lowest BCUT2D eigenvalue weighted by Crippen LogP contribution is -2.17. The lowest BCUT2D eigenvalue weighted by molar-refractivity contribution is 0.102. The molecule has 0 spiro atoms. The van der Waals surface area contributed by atoms with Crippen molar-refractivity contribution in [1.29, 1.82) is 0 Å². The number of para-hydroxylation sites is 1. The molecule has 0 aliphatic carbocycles. The lowest BCUT2D eigenvalue weighted by atomic mass is 10.1. The van der Waals surface area contributed by atoms with Crippen molar-refractivity contribution in [2.75, 3.05) is 17.7 Å². The van der Waals surface area contributed by atoms with Gasteiger partial charge in [0.25, 0.3) is 11.8 Å². The summed E-state index contributed by atoms with van der Waals surface area (Å²) >= 11 is 1.26. The molecule has 0 unspecified atom stereocenters. The number of nitrogens with one attached hydrogen (secondary N) is 2. The van der Waals surface area contributed by atoms with Crippen LogP contribution in [0, 0.1) is 27.7 Å². The number of hydrogen-bond acceptors (Lipinski definition) is 5. The van der Waals surface area contributed by atoms with Gasteiger partial charge in [-0.1, -0.05) is 18.2 Å². The summed E-state index contributed by atoms with van der Waals surface area (Å²) in [6.07, 6.45) is 0. The summed E-state index contributed by atoms with van der Waals surface area (Å²) in [4.78, 5) is 32.2. The van der Waals surface area contributed by atoms with Crippen molar-refractivity contribution in [2.24, 2.45) is 0 Å². The lowest BCUT2D eigenvalue weighted by Gasteiger charge is -2.12. The van der Waals surface area contributed by atoms with Gasteiger partial charge in [0.1, 0.15) is 15.5 Å². The fraction of sp³-hybridized carbons (Fsp3) is 0.192. The van der Waals surface area contributed by atoms with Crippen molar-refractivity contribution < 1.29 is 14.3 Å². The van der Waals surface area contributed by atoms with E-state index >= 15 is 0 Å². The molecular formula is C26H25N3O3S. The Kier molecular flexibility index (Phi) is 6.16. The molecule has 0 aliphatic heterocycles. The third kappa shape index (κ3) is 4.45. The van der Waals surface area contributed by atoms with Crippen LogP contribution in [0.2, 0.25) is 0 Å². The van der Waals surface area contributed by atoms with Crippen LogP contribution >= 0.6 is 11.3 Å². The van der Waals surface area contributed by atoms with Gasteiger partial charge in [-0.25, -0.2) is 4.98 Å². The largest absolute Gasteiger partial charge is 0.496 e. The molecule has 0 saturated heterocycles. The molecule has 6 nitrogen and oxygen atoms in total. The number of ether oxygens (including phenoxy) is 1. The average Bonchev–Trinajstić information content (AvgIpc) is 3.14. The first-order valence-corrected chi connectivity index (χ1v) is 11.3. The number of hydrogen-bond donors (Lipinski definition) is 2. The summed E-state index contributed by atoms with van der Waals surface area (Å²) in [7, 11) is 1.52. The van der Waals surface area contributed by atoms with Gasteiger partial charge in [0.05, 0.1) is 18.4 Å². The smallest absolute Gasteiger partial charge is 0.267 e. The van der Waals surface area contributed by atoms with E-state index in [0.29, 0.717) is 32.4 Å². The SMILES string of the molecule is COc1ccccc1C(=O)Nc1c(C(=O)Nc2ccc(C)c(C)c2)sc2nc(C)cc(C)c12. The number of carbonyl (C=O) groups excluding carboxylic acids is 2. The van der Waals surface area contributed by atoms with Crippen LogP contribution in [0.3, 0.4) is 0 Å². The van der Waals surface area contributed by atoms with Crippen molar-refractivity contribution in [1.82, 2.24) is 4.98 Å². The number of nitrogens with zero attached hydrogens (tertiary/aromatic N) is 1. The topological polar surface area (TPSA) is 80.3 Å². The molecule has 2 amide bonds. The summed E-state index contributed by atoms with van der Waals surface area (Å²) in [5.74, 6) is -0.192. The molecular weight excluding hydrogens is 434 g/mol. The van der Waals surface area contributed by atoms with Crippen LogP contribution in [0.15, 0.2) is 48.5 Å². The molecule has 2 heterocycles. The Morgan fingerprint density at radius 3 is 2.36 bits per heavy atom. The van der Waals surface area contributed by atoms with E-state index in [1.165, 1.54) is 18.4 Å². The summed E-state index contributed by atoms with van der Waals surface area (Å²) in [5.41, 5.74) is 5.56. The molecule has 33 heavy (non-hydrogen) atoms. The van der Waals surface area contributed by atoms with Crippen molar-refractivity contribution in [3.8, 4) is 5.75 Å². The molecule has 0 fully saturated rings. The van der Waals surface area contributed by atoms with Crippen molar-refractivity contribution >= 4 is 44.7 Å². The van der Waals surface area contributed by atoms with Gasteiger partial charge in [-0.3, -0.25) is 9.59 Å². The minimum atomic E-state index is -0.354. The van der Waals surface area contributed by atoms with E-state index in [-0.39, 0.29) is 11.8 Å². The monoisotopic (exact) mass is 459 g/mol.